The molecule has 2 aliphatic rings. The quantitative estimate of drug-likeness (QED) is 0.791. The molecule has 2 fully saturated rings. The number of hydrogen-bond acceptors (Lipinski definition) is 2. The Hall–Kier alpha value is -0.0800. The van der Waals surface area contributed by atoms with Gasteiger partial charge in [0.2, 0.25) is 0 Å². The summed E-state index contributed by atoms with van der Waals surface area (Å²) in [4.78, 5) is 2.83. The zero-order chi connectivity index (χ0) is 14.0. The molecule has 0 aromatic carbocycles. The second-order valence-corrected chi connectivity index (χ2v) is 7.49. The van der Waals surface area contributed by atoms with Gasteiger partial charge in [-0.3, -0.25) is 4.90 Å². The first-order valence-corrected chi connectivity index (χ1v) is 8.48. The van der Waals surface area contributed by atoms with Gasteiger partial charge in [0.15, 0.2) is 0 Å². The van der Waals surface area contributed by atoms with Gasteiger partial charge in [-0.05, 0) is 36.5 Å². The molecule has 2 heteroatoms. The zero-order valence-electron chi connectivity index (χ0n) is 13.7. The molecule has 1 N–H and O–H groups in total. The van der Waals surface area contributed by atoms with Crippen LogP contribution in [0.5, 0.6) is 0 Å². The Morgan fingerprint density at radius 1 is 1.21 bits per heavy atom. The third-order valence-corrected chi connectivity index (χ3v) is 5.84. The Morgan fingerprint density at radius 3 is 2.37 bits per heavy atom. The van der Waals surface area contributed by atoms with Gasteiger partial charge >= 0.3 is 0 Å². The Bertz CT molecular complexity index is 283. The zero-order valence-corrected chi connectivity index (χ0v) is 13.7. The molecule has 1 heterocycles. The van der Waals surface area contributed by atoms with Crippen molar-refractivity contribution in [1.29, 1.82) is 0 Å². The van der Waals surface area contributed by atoms with Gasteiger partial charge in [-0.15, -0.1) is 0 Å². The van der Waals surface area contributed by atoms with Crippen LogP contribution in [0.1, 0.15) is 60.3 Å². The van der Waals surface area contributed by atoms with Crippen molar-refractivity contribution < 1.29 is 0 Å². The van der Waals surface area contributed by atoms with Gasteiger partial charge in [-0.1, -0.05) is 41.0 Å². The first kappa shape index (κ1) is 15.3. The van der Waals surface area contributed by atoms with Crippen molar-refractivity contribution in [2.45, 2.75) is 72.4 Å². The molecule has 0 radical (unpaired) electrons. The van der Waals surface area contributed by atoms with Gasteiger partial charge in [0.05, 0.1) is 0 Å². The molecule has 1 aliphatic heterocycles. The van der Waals surface area contributed by atoms with Crippen LogP contribution >= 0.6 is 0 Å². The molecule has 2 rings (SSSR count). The van der Waals surface area contributed by atoms with Gasteiger partial charge < -0.3 is 5.32 Å². The van der Waals surface area contributed by atoms with Crippen LogP contribution in [-0.4, -0.2) is 36.6 Å². The lowest BCUT2D eigenvalue weighted by Gasteiger charge is -2.45. The normalized spacial score (nSPS) is 32.5. The molecule has 112 valence electrons. The summed E-state index contributed by atoms with van der Waals surface area (Å²) in [5, 5.41) is 3.81. The molecule has 19 heavy (non-hydrogen) atoms. The molecule has 3 atom stereocenters. The second kappa shape index (κ2) is 6.13. The van der Waals surface area contributed by atoms with Gasteiger partial charge in [-0.25, -0.2) is 0 Å². The highest BCUT2D eigenvalue weighted by Gasteiger charge is 2.44. The Kier molecular flexibility index (Phi) is 4.94. The fraction of sp³-hybridized carbons (Fsp3) is 1.00. The van der Waals surface area contributed by atoms with E-state index in [1.807, 2.05) is 0 Å². The van der Waals surface area contributed by atoms with E-state index in [1.165, 1.54) is 45.3 Å². The SMILES string of the molecule is CCC(C)C1CN(CC2(CC)CC2)C(C(C)C)CN1. The smallest absolute Gasteiger partial charge is 0.0244 e. The van der Waals surface area contributed by atoms with Crippen molar-refractivity contribution in [2.24, 2.45) is 17.3 Å². The van der Waals surface area contributed by atoms with Crippen molar-refractivity contribution in [1.82, 2.24) is 10.2 Å². The van der Waals surface area contributed by atoms with E-state index in [-0.39, 0.29) is 0 Å². The summed E-state index contributed by atoms with van der Waals surface area (Å²) in [6, 6.07) is 1.44. The fourth-order valence-corrected chi connectivity index (χ4v) is 3.59. The highest BCUT2D eigenvalue weighted by atomic mass is 15.2. The Balaban J connectivity index is 2.00. The topological polar surface area (TPSA) is 15.3 Å². The van der Waals surface area contributed by atoms with Crippen molar-refractivity contribution in [2.75, 3.05) is 19.6 Å². The predicted octanol–water partition coefficient (Wildman–Crippen LogP) is 3.52. The summed E-state index contributed by atoms with van der Waals surface area (Å²) < 4.78 is 0. The van der Waals surface area contributed by atoms with Crippen LogP contribution < -0.4 is 5.32 Å². The van der Waals surface area contributed by atoms with Crippen LogP contribution in [0.25, 0.3) is 0 Å². The number of rotatable bonds is 6. The van der Waals surface area contributed by atoms with Gasteiger partial charge in [0, 0.05) is 31.7 Å². The first-order valence-electron chi connectivity index (χ1n) is 8.48. The van der Waals surface area contributed by atoms with Crippen LogP contribution in [0.2, 0.25) is 0 Å². The molecule has 1 saturated heterocycles. The molecular weight excluding hydrogens is 232 g/mol. The highest BCUT2D eigenvalue weighted by Crippen LogP contribution is 2.49. The predicted molar refractivity (Wildman–Crippen MR) is 83.4 cm³/mol. The minimum Gasteiger partial charge on any atom is -0.311 e. The summed E-state index contributed by atoms with van der Waals surface area (Å²) in [7, 11) is 0. The molecule has 1 saturated carbocycles. The van der Waals surface area contributed by atoms with Crippen molar-refractivity contribution in [3.8, 4) is 0 Å². The fourth-order valence-electron chi connectivity index (χ4n) is 3.59. The third kappa shape index (κ3) is 3.52. The first-order chi connectivity index (χ1) is 9.01. The molecule has 0 spiro atoms. The maximum absolute atomic E-state index is 3.81. The molecule has 3 unspecified atom stereocenters. The van der Waals surface area contributed by atoms with E-state index >= 15 is 0 Å². The monoisotopic (exact) mass is 266 g/mol. The van der Waals surface area contributed by atoms with Gasteiger partial charge in [-0.2, -0.15) is 0 Å². The minimum atomic E-state index is 0.685. The number of piperazine rings is 1. The van der Waals surface area contributed by atoms with E-state index in [0.717, 1.165) is 17.9 Å². The standard InChI is InChI=1S/C17H34N2/c1-6-14(5)15-11-19(12-17(7-2)8-9-17)16(10-18-15)13(3)4/h13-16,18H,6-12H2,1-5H3. The van der Waals surface area contributed by atoms with E-state index in [2.05, 4.69) is 44.8 Å². The minimum absolute atomic E-state index is 0.685. The second-order valence-electron chi connectivity index (χ2n) is 7.49. The Labute approximate surface area is 120 Å². The van der Waals surface area contributed by atoms with Gasteiger partial charge in [0.25, 0.3) is 0 Å². The van der Waals surface area contributed by atoms with E-state index in [0.29, 0.717) is 11.5 Å². The van der Waals surface area contributed by atoms with Crippen LogP contribution in [0.15, 0.2) is 0 Å². The van der Waals surface area contributed by atoms with Gasteiger partial charge in [0.1, 0.15) is 0 Å². The Morgan fingerprint density at radius 2 is 1.89 bits per heavy atom. The molecule has 0 amide bonds. The van der Waals surface area contributed by atoms with Crippen LogP contribution in [0, 0.1) is 17.3 Å². The van der Waals surface area contributed by atoms with Crippen molar-refractivity contribution in [3.05, 3.63) is 0 Å². The molecule has 0 aromatic heterocycles. The van der Waals surface area contributed by atoms with Crippen LogP contribution in [0.3, 0.4) is 0 Å². The van der Waals surface area contributed by atoms with E-state index < -0.39 is 0 Å². The summed E-state index contributed by atoms with van der Waals surface area (Å²) in [6.07, 6.45) is 5.59. The number of hydrogen-bond donors (Lipinski definition) is 1. The van der Waals surface area contributed by atoms with Crippen molar-refractivity contribution >= 4 is 0 Å². The summed E-state index contributed by atoms with van der Waals surface area (Å²) in [5.41, 5.74) is 0.685. The molecule has 1 aliphatic carbocycles. The van der Waals surface area contributed by atoms with Crippen LogP contribution in [-0.2, 0) is 0 Å². The lowest BCUT2D eigenvalue weighted by atomic mass is 9.90. The lowest BCUT2D eigenvalue weighted by Crippen LogP contribution is -2.60. The molecule has 2 nitrogen and oxygen atoms in total. The highest BCUT2D eigenvalue weighted by molar-refractivity contribution is 4.98. The maximum Gasteiger partial charge on any atom is 0.0244 e. The average molecular weight is 266 g/mol. The summed E-state index contributed by atoms with van der Waals surface area (Å²) >= 11 is 0. The van der Waals surface area contributed by atoms with E-state index in [4.69, 9.17) is 0 Å². The number of nitrogens with one attached hydrogen (secondary N) is 1. The third-order valence-electron chi connectivity index (χ3n) is 5.84. The van der Waals surface area contributed by atoms with E-state index in [1.54, 1.807) is 0 Å². The molecule has 0 aromatic rings. The average Bonchev–Trinajstić information content (AvgIpc) is 3.17. The lowest BCUT2D eigenvalue weighted by molar-refractivity contribution is 0.0618. The molecular formula is C17H34N2. The number of nitrogens with zero attached hydrogens (tertiary/aromatic N) is 1. The largest absolute Gasteiger partial charge is 0.311 e. The summed E-state index contributed by atoms with van der Waals surface area (Å²) in [5.74, 6) is 1.56. The van der Waals surface area contributed by atoms with Crippen LogP contribution in [0.4, 0.5) is 0 Å². The molecule has 0 bridgehead atoms. The van der Waals surface area contributed by atoms with Crippen molar-refractivity contribution in [3.63, 3.8) is 0 Å². The summed E-state index contributed by atoms with van der Waals surface area (Å²) in [6.45, 7) is 15.7. The van der Waals surface area contributed by atoms with E-state index in [9.17, 15) is 0 Å². The maximum atomic E-state index is 3.81.